The monoisotopic (exact) mass is 460 g/mol. The lowest BCUT2D eigenvalue weighted by atomic mass is 9.75. The molecule has 0 bridgehead atoms. The fourth-order valence-corrected chi connectivity index (χ4v) is 3.75. The standard InChI is InChI=1S/C25H34F2N4O2/c1-25(2,3)21(17-11-18(26)14-29-13-17)12-23(32)30-15-19(31(5)6)9-16-7-8-20(22(27)10-16)24(33)28-4/h7-8,10-11,13-14,19,21H,9,12,15H2,1-6H3,(H,28,33)(H,30,32)/t19-,21-/m0/s1. The second-order valence-electron chi connectivity index (χ2n) is 9.58. The zero-order valence-corrected chi connectivity index (χ0v) is 20.2. The molecular weight excluding hydrogens is 426 g/mol. The normalized spacial score (nSPS) is 13.5. The molecule has 0 spiro atoms. The Hall–Kier alpha value is -2.87. The van der Waals surface area contributed by atoms with E-state index >= 15 is 0 Å². The number of benzene rings is 1. The number of amides is 2. The summed E-state index contributed by atoms with van der Waals surface area (Å²) in [5.41, 5.74) is 1.15. The van der Waals surface area contributed by atoms with Crippen molar-refractivity contribution in [1.82, 2.24) is 20.5 Å². The molecule has 1 aromatic carbocycles. The summed E-state index contributed by atoms with van der Waals surface area (Å²) in [6.07, 6.45) is 3.44. The van der Waals surface area contributed by atoms with Gasteiger partial charge in [0.2, 0.25) is 5.91 Å². The van der Waals surface area contributed by atoms with Gasteiger partial charge in [0.05, 0.1) is 11.8 Å². The molecule has 8 heteroatoms. The van der Waals surface area contributed by atoms with Crippen LogP contribution in [0.2, 0.25) is 0 Å². The highest BCUT2D eigenvalue weighted by Gasteiger charge is 2.29. The third-order valence-electron chi connectivity index (χ3n) is 5.80. The van der Waals surface area contributed by atoms with Gasteiger partial charge in [-0.05, 0) is 61.2 Å². The van der Waals surface area contributed by atoms with Crippen molar-refractivity contribution >= 4 is 11.8 Å². The average Bonchev–Trinajstić information content (AvgIpc) is 2.73. The Morgan fingerprint density at radius 3 is 2.36 bits per heavy atom. The lowest BCUT2D eigenvalue weighted by Crippen LogP contribution is -2.42. The van der Waals surface area contributed by atoms with Gasteiger partial charge >= 0.3 is 0 Å². The number of aromatic nitrogens is 1. The maximum Gasteiger partial charge on any atom is 0.253 e. The molecule has 1 heterocycles. The molecule has 0 aliphatic heterocycles. The first-order valence-electron chi connectivity index (χ1n) is 11.0. The molecule has 6 nitrogen and oxygen atoms in total. The molecule has 33 heavy (non-hydrogen) atoms. The molecule has 2 amide bonds. The smallest absolute Gasteiger partial charge is 0.253 e. The highest BCUT2D eigenvalue weighted by atomic mass is 19.1. The Morgan fingerprint density at radius 2 is 1.82 bits per heavy atom. The number of nitrogens with one attached hydrogen (secondary N) is 2. The highest BCUT2D eigenvalue weighted by Crippen LogP contribution is 2.37. The first kappa shape index (κ1) is 26.4. The summed E-state index contributed by atoms with van der Waals surface area (Å²) >= 11 is 0. The Balaban J connectivity index is 2.06. The molecule has 2 rings (SSSR count). The quantitative estimate of drug-likeness (QED) is 0.601. The van der Waals surface area contributed by atoms with Gasteiger partial charge in [-0.3, -0.25) is 14.6 Å². The van der Waals surface area contributed by atoms with E-state index in [1.165, 1.54) is 25.2 Å². The van der Waals surface area contributed by atoms with Crippen LogP contribution in [0.4, 0.5) is 8.78 Å². The van der Waals surface area contributed by atoms with Crippen LogP contribution in [0.1, 0.15) is 54.6 Å². The minimum absolute atomic E-state index is 0.00369. The number of carbonyl (C=O) groups excluding carboxylic acids is 2. The van der Waals surface area contributed by atoms with Crippen LogP contribution < -0.4 is 10.6 Å². The van der Waals surface area contributed by atoms with Gasteiger partial charge < -0.3 is 15.5 Å². The Morgan fingerprint density at radius 1 is 1.12 bits per heavy atom. The minimum Gasteiger partial charge on any atom is -0.355 e. The number of pyridine rings is 1. The Bertz CT molecular complexity index is 973. The zero-order chi connectivity index (χ0) is 24.8. The average molecular weight is 461 g/mol. The van der Waals surface area contributed by atoms with Crippen molar-refractivity contribution in [3.8, 4) is 0 Å². The van der Waals surface area contributed by atoms with Gasteiger partial charge in [0, 0.05) is 32.3 Å². The van der Waals surface area contributed by atoms with Crippen LogP contribution in [0.3, 0.4) is 0 Å². The van der Waals surface area contributed by atoms with Crippen molar-refractivity contribution in [3.05, 3.63) is 65.0 Å². The first-order chi connectivity index (χ1) is 15.4. The molecule has 180 valence electrons. The summed E-state index contributed by atoms with van der Waals surface area (Å²) in [6, 6.07) is 5.89. The summed E-state index contributed by atoms with van der Waals surface area (Å²) in [5.74, 6) is -1.83. The molecule has 0 aliphatic carbocycles. The second-order valence-corrected chi connectivity index (χ2v) is 9.58. The Kier molecular flexibility index (Phi) is 9.05. The van der Waals surface area contributed by atoms with E-state index in [2.05, 4.69) is 15.6 Å². The van der Waals surface area contributed by atoms with Crippen LogP contribution in [0.15, 0.2) is 36.7 Å². The van der Waals surface area contributed by atoms with E-state index in [9.17, 15) is 18.4 Å². The second kappa shape index (κ2) is 11.3. The summed E-state index contributed by atoms with van der Waals surface area (Å²) in [5, 5.41) is 5.39. The van der Waals surface area contributed by atoms with E-state index in [4.69, 9.17) is 0 Å². The van der Waals surface area contributed by atoms with Crippen LogP contribution in [-0.2, 0) is 11.2 Å². The van der Waals surface area contributed by atoms with Crippen molar-refractivity contribution < 1.29 is 18.4 Å². The van der Waals surface area contributed by atoms with Crippen LogP contribution in [0.5, 0.6) is 0 Å². The van der Waals surface area contributed by atoms with Crippen molar-refractivity contribution in [3.63, 3.8) is 0 Å². The molecule has 2 N–H and O–H groups in total. The summed E-state index contributed by atoms with van der Waals surface area (Å²) < 4.78 is 28.0. The van der Waals surface area contributed by atoms with E-state index in [1.807, 2.05) is 39.8 Å². The molecule has 0 saturated carbocycles. The molecule has 2 aromatic rings. The number of nitrogens with zero attached hydrogens (tertiary/aromatic N) is 2. The van der Waals surface area contributed by atoms with Gasteiger partial charge in [-0.1, -0.05) is 26.8 Å². The molecule has 0 unspecified atom stereocenters. The fraction of sp³-hybridized carbons (Fsp3) is 0.480. The van der Waals surface area contributed by atoms with Crippen molar-refractivity contribution in [1.29, 1.82) is 0 Å². The van der Waals surface area contributed by atoms with Crippen molar-refractivity contribution in [2.24, 2.45) is 5.41 Å². The molecule has 0 aliphatic rings. The van der Waals surface area contributed by atoms with E-state index < -0.39 is 17.5 Å². The SMILES string of the molecule is CNC(=O)c1ccc(C[C@@H](CNC(=O)C[C@@H](c2cncc(F)c2)C(C)(C)C)N(C)C)cc1F. The van der Waals surface area contributed by atoms with Gasteiger partial charge in [0.15, 0.2) is 0 Å². The third kappa shape index (κ3) is 7.60. The lowest BCUT2D eigenvalue weighted by Gasteiger charge is -2.31. The number of carbonyl (C=O) groups is 2. The largest absolute Gasteiger partial charge is 0.355 e. The van der Waals surface area contributed by atoms with Gasteiger partial charge in [-0.25, -0.2) is 8.78 Å². The fourth-order valence-electron chi connectivity index (χ4n) is 3.75. The van der Waals surface area contributed by atoms with E-state index in [0.29, 0.717) is 18.5 Å². The van der Waals surface area contributed by atoms with Crippen LogP contribution in [-0.4, -0.2) is 55.4 Å². The number of hydrogen-bond donors (Lipinski definition) is 2. The maximum absolute atomic E-state index is 14.3. The number of hydrogen-bond acceptors (Lipinski definition) is 4. The summed E-state index contributed by atoms with van der Waals surface area (Å²) in [7, 11) is 5.24. The predicted molar refractivity (Wildman–Crippen MR) is 125 cm³/mol. The molecular formula is C25H34F2N4O2. The van der Waals surface area contributed by atoms with E-state index in [0.717, 1.165) is 11.8 Å². The van der Waals surface area contributed by atoms with Crippen LogP contribution >= 0.6 is 0 Å². The lowest BCUT2D eigenvalue weighted by molar-refractivity contribution is -0.122. The third-order valence-corrected chi connectivity index (χ3v) is 5.80. The van der Waals surface area contributed by atoms with E-state index in [-0.39, 0.29) is 35.3 Å². The maximum atomic E-state index is 14.3. The van der Waals surface area contributed by atoms with Crippen LogP contribution in [0, 0.1) is 17.0 Å². The van der Waals surface area contributed by atoms with Gasteiger partial charge in [-0.2, -0.15) is 0 Å². The first-order valence-corrected chi connectivity index (χ1v) is 11.0. The highest BCUT2D eigenvalue weighted by molar-refractivity contribution is 5.94. The molecule has 2 atom stereocenters. The van der Waals surface area contributed by atoms with Crippen molar-refractivity contribution in [2.75, 3.05) is 27.7 Å². The summed E-state index contributed by atoms with van der Waals surface area (Å²) in [6.45, 7) is 6.39. The Labute approximate surface area is 194 Å². The van der Waals surface area contributed by atoms with Crippen molar-refractivity contribution in [2.45, 2.75) is 45.6 Å². The molecule has 1 aromatic heterocycles. The van der Waals surface area contributed by atoms with Crippen LogP contribution in [0.25, 0.3) is 0 Å². The number of halogens is 2. The number of likely N-dealkylation sites (N-methyl/N-ethyl adjacent to an activating group) is 1. The number of rotatable bonds is 9. The van der Waals surface area contributed by atoms with Gasteiger partial charge in [-0.15, -0.1) is 0 Å². The van der Waals surface area contributed by atoms with Gasteiger partial charge in [0.25, 0.3) is 5.91 Å². The minimum atomic E-state index is -0.579. The molecule has 0 fully saturated rings. The van der Waals surface area contributed by atoms with E-state index in [1.54, 1.807) is 12.3 Å². The zero-order valence-electron chi connectivity index (χ0n) is 20.2. The van der Waals surface area contributed by atoms with Gasteiger partial charge in [0.1, 0.15) is 11.6 Å². The molecule has 0 radical (unpaired) electrons. The predicted octanol–water partition coefficient (Wildman–Crippen LogP) is 3.53. The molecule has 0 saturated heterocycles. The summed E-state index contributed by atoms with van der Waals surface area (Å²) in [4.78, 5) is 30.4. The topological polar surface area (TPSA) is 74.3 Å².